The van der Waals surface area contributed by atoms with E-state index in [1.807, 2.05) is 18.2 Å². The maximum atomic E-state index is 5.92. The molecular weight excluding hydrogens is 228 g/mol. The first kappa shape index (κ1) is 11.8. The molecule has 0 aliphatic heterocycles. The predicted molar refractivity (Wildman–Crippen MR) is 73.0 cm³/mol. The highest BCUT2D eigenvalue weighted by Crippen LogP contribution is 2.24. The Morgan fingerprint density at radius 1 is 1.18 bits per heavy atom. The maximum absolute atomic E-state index is 5.92. The molecule has 88 valence electrons. The topological polar surface area (TPSA) is 35.0 Å². The quantitative estimate of drug-likeness (QED) is 0.612. The summed E-state index contributed by atoms with van der Waals surface area (Å²) in [5.74, 6) is 0.713. The van der Waals surface area contributed by atoms with Gasteiger partial charge in [-0.15, -0.1) is 0 Å². The molecule has 0 atom stereocenters. The molecule has 0 aromatic carbocycles. The van der Waals surface area contributed by atoms with Gasteiger partial charge >= 0.3 is 0 Å². The molecule has 0 saturated heterocycles. The van der Waals surface area contributed by atoms with E-state index in [0.717, 1.165) is 16.6 Å². The highest BCUT2D eigenvalue weighted by molar-refractivity contribution is 6.70. The Kier molecular flexibility index (Phi) is 2.98. The lowest BCUT2D eigenvalue weighted by Crippen LogP contribution is -2.24. The molecular formula is C13H16N2OSi. The number of nitrogens with zero attached hydrogens (tertiary/aromatic N) is 2. The van der Waals surface area contributed by atoms with Crippen LogP contribution in [0, 0.1) is 0 Å². The van der Waals surface area contributed by atoms with E-state index in [1.54, 1.807) is 12.4 Å². The van der Waals surface area contributed by atoms with E-state index in [2.05, 4.69) is 36.2 Å². The van der Waals surface area contributed by atoms with Gasteiger partial charge in [-0.05, 0) is 37.8 Å². The average molecular weight is 244 g/mol. The fourth-order valence-corrected chi connectivity index (χ4v) is 2.50. The Balaban J connectivity index is 2.45. The minimum Gasteiger partial charge on any atom is -0.544 e. The van der Waals surface area contributed by atoms with Gasteiger partial charge < -0.3 is 4.43 Å². The number of hydrogen-bond donors (Lipinski definition) is 0. The van der Waals surface area contributed by atoms with Crippen LogP contribution < -0.4 is 0 Å². The minimum absolute atomic E-state index is 0.713. The fourth-order valence-electron chi connectivity index (χ4n) is 1.65. The van der Waals surface area contributed by atoms with E-state index in [4.69, 9.17) is 4.43 Å². The van der Waals surface area contributed by atoms with Gasteiger partial charge in [0.25, 0.3) is 0 Å². The summed E-state index contributed by atoms with van der Waals surface area (Å²) in [7, 11) is -1.63. The summed E-state index contributed by atoms with van der Waals surface area (Å²) in [6, 6.07) is 5.81. The molecule has 0 fully saturated rings. The van der Waals surface area contributed by atoms with Crippen LogP contribution in [-0.2, 0) is 4.43 Å². The largest absolute Gasteiger partial charge is 0.544 e. The van der Waals surface area contributed by atoms with Gasteiger partial charge in [0, 0.05) is 23.3 Å². The Bertz CT molecular complexity index is 555. The molecule has 0 saturated carbocycles. The number of rotatable bonds is 3. The van der Waals surface area contributed by atoms with Crippen LogP contribution in [0.2, 0.25) is 19.6 Å². The SMILES string of the molecule is C=C(O[Si](C)(C)C)c1ccnc2ncccc12. The molecule has 0 unspecified atom stereocenters. The number of fused-ring (bicyclic) bond motifs is 1. The molecule has 0 spiro atoms. The van der Waals surface area contributed by atoms with Crippen LogP contribution in [0.15, 0.2) is 37.2 Å². The summed E-state index contributed by atoms with van der Waals surface area (Å²) in [5, 5.41) is 0.984. The van der Waals surface area contributed by atoms with Crippen molar-refractivity contribution in [3.63, 3.8) is 0 Å². The Hall–Kier alpha value is -1.68. The summed E-state index contributed by atoms with van der Waals surface area (Å²) in [6.07, 6.45) is 3.48. The van der Waals surface area contributed by atoms with Crippen LogP contribution in [0.5, 0.6) is 0 Å². The second-order valence-electron chi connectivity index (χ2n) is 4.87. The van der Waals surface area contributed by atoms with E-state index < -0.39 is 8.32 Å². The van der Waals surface area contributed by atoms with Crippen molar-refractivity contribution >= 4 is 25.1 Å². The van der Waals surface area contributed by atoms with Crippen molar-refractivity contribution in [2.75, 3.05) is 0 Å². The summed E-state index contributed by atoms with van der Waals surface area (Å²) in [5.41, 5.74) is 1.70. The van der Waals surface area contributed by atoms with Gasteiger partial charge in [0.1, 0.15) is 5.76 Å². The minimum atomic E-state index is -1.63. The third-order valence-electron chi connectivity index (χ3n) is 2.24. The van der Waals surface area contributed by atoms with Crippen LogP contribution in [0.25, 0.3) is 16.8 Å². The second kappa shape index (κ2) is 4.29. The third-order valence-corrected chi connectivity index (χ3v) is 3.10. The lowest BCUT2D eigenvalue weighted by Gasteiger charge is -2.21. The zero-order chi connectivity index (χ0) is 12.5. The summed E-state index contributed by atoms with van der Waals surface area (Å²) >= 11 is 0. The van der Waals surface area contributed by atoms with Crippen molar-refractivity contribution in [3.05, 3.63) is 42.7 Å². The number of pyridine rings is 2. The second-order valence-corrected chi connectivity index (χ2v) is 9.30. The zero-order valence-electron chi connectivity index (χ0n) is 10.4. The third kappa shape index (κ3) is 2.71. The van der Waals surface area contributed by atoms with E-state index in [0.29, 0.717) is 5.76 Å². The van der Waals surface area contributed by atoms with Gasteiger partial charge in [-0.3, -0.25) is 0 Å². The summed E-state index contributed by atoms with van der Waals surface area (Å²) in [4.78, 5) is 8.45. The normalized spacial score (nSPS) is 11.5. The van der Waals surface area contributed by atoms with Crippen LogP contribution in [0.1, 0.15) is 5.56 Å². The standard InChI is InChI=1S/C13H16N2OSi/c1-10(16-17(2,3)4)11-7-9-15-13-12(11)6-5-8-14-13/h5-9H,1H2,2-4H3. The van der Waals surface area contributed by atoms with Gasteiger partial charge in [0.05, 0.1) is 0 Å². The lowest BCUT2D eigenvalue weighted by molar-refractivity contribution is 0.517. The molecule has 0 N–H and O–H groups in total. The van der Waals surface area contributed by atoms with Gasteiger partial charge in [0.15, 0.2) is 5.65 Å². The van der Waals surface area contributed by atoms with Crippen molar-refractivity contribution in [1.82, 2.24) is 9.97 Å². The molecule has 0 aliphatic rings. The smallest absolute Gasteiger partial charge is 0.242 e. The van der Waals surface area contributed by atoms with Crippen LogP contribution in [-0.4, -0.2) is 18.3 Å². The molecule has 0 amide bonds. The summed E-state index contributed by atoms with van der Waals surface area (Å²) in [6.45, 7) is 10.4. The predicted octanol–water partition coefficient (Wildman–Crippen LogP) is 3.45. The van der Waals surface area contributed by atoms with Crippen LogP contribution >= 0.6 is 0 Å². The molecule has 2 rings (SSSR count). The average Bonchev–Trinajstić information content (AvgIpc) is 2.26. The highest BCUT2D eigenvalue weighted by Gasteiger charge is 2.18. The molecule has 3 nitrogen and oxygen atoms in total. The Morgan fingerprint density at radius 3 is 2.59 bits per heavy atom. The molecule has 4 heteroatoms. The van der Waals surface area contributed by atoms with E-state index in [9.17, 15) is 0 Å². The number of aromatic nitrogens is 2. The first-order valence-electron chi connectivity index (χ1n) is 5.55. The van der Waals surface area contributed by atoms with E-state index in [1.165, 1.54) is 0 Å². The molecule has 2 aromatic rings. The van der Waals surface area contributed by atoms with Gasteiger partial charge in [0.2, 0.25) is 8.32 Å². The van der Waals surface area contributed by atoms with Crippen LogP contribution in [0.3, 0.4) is 0 Å². The Morgan fingerprint density at radius 2 is 1.88 bits per heavy atom. The van der Waals surface area contributed by atoms with Crippen molar-refractivity contribution < 1.29 is 4.43 Å². The fraction of sp³-hybridized carbons (Fsp3) is 0.231. The molecule has 2 aromatic heterocycles. The molecule has 0 aliphatic carbocycles. The number of hydrogen-bond acceptors (Lipinski definition) is 3. The maximum Gasteiger partial charge on any atom is 0.242 e. The lowest BCUT2D eigenvalue weighted by atomic mass is 10.1. The molecule has 0 radical (unpaired) electrons. The van der Waals surface area contributed by atoms with Gasteiger partial charge in [-0.1, -0.05) is 6.58 Å². The zero-order valence-corrected chi connectivity index (χ0v) is 11.4. The van der Waals surface area contributed by atoms with E-state index >= 15 is 0 Å². The van der Waals surface area contributed by atoms with E-state index in [-0.39, 0.29) is 0 Å². The Labute approximate surface area is 102 Å². The molecule has 17 heavy (non-hydrogen) atoms. The van der Waals surface area contributed by atoms with Crippen molar-refractivity contribution in [1.29, 1.82) is 0 Å². The summed E-state index contributed by atoms with van der Waals surface area (Å²) < 4.78 is 5.92. The van der Waals surface area contributed by atoms with Crippen molar-refractivity contribution in [2.24, 2.45) is 0 Å². The highest BCUT2D eigenvalue weighted by atomic mass is 28.4. The van der Waals surface area contributed by atoms with Crippen molar-refractivity contribution in [2.45, 2.75) is 19.6 Å². The van der Waals surface area contributed by atoms with Crippen LogP contribution in [0.4, 0.5) is 0 Å². The van der Waals surface area contributed by atoms with Gasteiger partial charge in [-0.2, -0.15) is 0 Å². The van der Waals surface area contributed by atoms with Crippen molar-refractivity contribution in [3.8, 4) is 0 Å². The first-order valence-corrected chi connectivity index (χ1v) is 8.96. The first-order chi connectivity index (χ1) is 7.97. The molecule has 2 heterocycles. The molecule has 0 bridgehead atoms. The van der Waals surface area contributed by atoms with Gasteiger partial charge in [-0.25, -0.2) is 9.97 Å². The monoisotopic (exact) mass is 244 g/mol.